The molecule has 1 saturated carbocycles. The number of amidine groups is 1. The van der Waals surface area contributed by atoms with Gasteiger partial charge in [0, 0.05) is 17.3 Å². The van der Waals surface area contributed by atoms with E-state index in [2.05, 4.69) is 28.4 Å². The quantitative estimate of drug-likeness (QED) is 0.337. The van der Waals surface area contributed by atoms with Crippen LogP contribution < -0.4 is 16.6 Å². The van der Waals surface area contributed by atoms with E-state index in [1.54, 1.807) is 0 Å². The number of benzene rings is 1. The molecule has 102 valence electrons. The van der Waals surface area contributed by atoms with Crippen LogP contribution in [0.4, 0.5) is 5.69 Å². The molecular weight excluding hydrogens is 236 g/mol. The molecule has 1 aromatic carbocycles. The third-order valence-electron chi connectivity index (χ3n) is 3.46. The van der Waals surface area contributed by atoms with Gasteiger partial charge in [-0.3, -0.25) is 0 Å². The first-order valence-corrected chi connectivity index (χ1v) is 6.77. The molecule has 0 heterocycles. The van der Waals surface area contributed by atoms with Gasteiger partial charge >= 0.3 is 0 Å². The predicted octanol–water partition coefficient (Wildman–Crippen LogP) is 2.89. The number of nitrogens with zero attached hydrogens (tertiary/aromatic N) is 1. The highest BCUT2D eigenvalue weighted by Crippen LogP contribution is 2.28. The van der Waals surface area contributed by atoms with Gasteiger partial charge in [0.05, 0.1) is 5.70 Å². The summed E-state index contributed by atoms with van der Waals surface area (Å²) in [6.07, 6.45) is 5.12. The molecule has 0 bridgehead atoms. The van der Waals surface area contributed by atoms with Crippen LogP contribution in [0.15, 0.2) is 35.8 Å². The standard InChI is InChI=1S/C15H22N4/c1-11(17-12(2)19-16)14-9-5-6-10-15(14)18-13-7-3-4-8-13/h5-6,9-10,13,18H,1,3-4,7-8,16H2,2H3,(H,17,19). The average Bonchev–Trinajstić information content (AvgIpc) is 2.92. The number of hydrazine groups is 1. The lowest BCUT2D eigenvalue weighted by molar-refractivity contribution is 0.755. The smallest absolute Gasteiger partial charge is 0.113 e. The Morgan fingerprint density at radius 3 is 2.68 bits per heavy atom. The Morgan fingerprint density at radius 1 is 1.32 bits per heavy atom. The van der Waals surface area contributed by atoms with Crippen molar-refractivity contribution in [3.8, 4) is 0 Å². The molecule has 0 atom stereocenters. The largest absolute Gasteiger partial charge is 0.382 e. The van der Waals surface area contributed by atoms with E-state index in [9.17, 15) is 0 Å². The number of anilines is 1. The molecule has 1 aromatic rings. The highest BCUT2D eigenvalue weighted by Gasteiger charge is 2.16. The van der Waals surface area contributed by atoms with Crippen LogP contribution in [-0.4, -0.2) is 11.9 Å². The highest BCUT2D eigenvalue weighted by molar-refractivity contribution is 5.87. The second kappa shape index (κ2) is 6.38. The van der Waals surface area contributed by atoms with Crippen LogP contribution in [0.5, 0.6) is 0 Å². The van der Waals surface area contributed by atoms with E-state index in [-0.39, 0.29) is 0 Å². The van der Waals surface area contributed by atoms with E-state index in [4.69, 9.17) is 5.84 Å². The third-order valence-corrected chi connectivity index (χ3v) is 3.46. The fraction of sp³-hybridized carbons (Fsp3) is 0.400. The molecule has 1 aliphatic carbocycles. The first-order valence-electron chi connectivity index (χ1n) is 6.77. The van der Waals surface area contributed by atoms with E-state index < -0.39 is 0 Å². The van der Waals surface area contributed by atoms with E-state index >= 15 is 0 Å². The Bertz CT molecular complexity index is 473. The van der Waals surface area contributed by atoms with Crippen LogP contribution in [-0.2, 0) is 0 Å². The fourth-order valence-electron chi connectivity index (χ4n) is 2.45. The Kier molecular flexibility index (Phi) is 4.58. The lowest BCUT2D eigenvalue weighted by atomic mass is 10.1. The number of rotatable bonds is 4. The maximum Gasteiger partial charge on any atom is 0.113 e. The van der Waals surface area contributed by atoms with Crippen molar-refractivity contribution in [2.24, 2.45) is 10.8 Å². The van der Waals surface area contributed by atoms with Crippen molar-refractivity contribution >= 4 is 17.2 Å². The normalized spacial score (nSPS) is 16.4. The summed E-state index contributed by atoms with van der Waals surface area (Å²) >= 11 is 0. The van der Waals surface area contributed by atoms with Crippen molar-refractivity contribution in [3.05, 3.63) is 36.4 Å². The summed E-state index contributed by atoms with van der Waals surface area (Å²) in [5.41, 5.74) is 5.38. The first-order chi connectivity index (χ1) is 9.20. The molecule has 0 amide bonds. The summed E-state index contributed by atoms with van der Waals surface area (Å²) in [6, 6.07) is 8.73. The minimum Gasteiger partial charge on any atom is -0.382 e. The molecule has 0 spiro atoms. The number of nitrogens with one attached hydrogen (secondary N) is 2. The summed E-state index contributed by atoms with van der Waals surface area (Å²) in [6.45, 7) is 5.84. The molecule has 1 fully saturated rings. The van der Waals surface area contributed by atoms with Crippen LogP contribution in [0, 0.1) is 0 Å². The van der Waals surface area contributed by atoms with Crippen molar-refractivity contribution in [2.45, 2.75) is 38.6 Å². The van der Waals surface area contributed by atoms with Crippen molar-refractivity contribution in [1.29, 1.82) is 0 Å². The van der Waals surface area contributed by atoms with E-state index in [0.29, 0.717) is 11.9 Å². The molecule has 4 heteroatoms. The Morgan fingerprint density at radius 2 is 2.00 bits per heavy atom. The molecule has 0 radical (unpaired) electrons. The fourth-order valence-corrected chi connectivity index (χ4v) is 2.45. The van der Waals surface area contributed by atoms with Crippen LogP contribution in [0.2, 0.25) is 0 Å². The van der Waals surface area contributed by atoms with Gasteiger partial charge in [-0.25, -0.2) is 10.8 Å². The molecule has 4 nitrogen and oxygen atoms in total. The molecule has 0 aliphatic heterocycles. The van der Waals surface area contributed by atoms with Crippen molar-refractivity contribution in [1.82, 2.24) is 5.43 Å². The molecule has 0 saturated heterocycles. The van der Waals surface area contributed by atoms with Crippen LogP contribution >= 0.6 is 0 Å². The molecule has 19 heavy (non-hydrogen) atoms. The zero-order valence-corrected chi connectivity index (χ0v) is 11.4. The number of aliphatic imine (C=N–C) groups is 1. The van der Waals surface area contributed by atoms with Gasteiger partial charge < -0.3 is 10.7 Å². The molecule has 0 aromatic heterocycles. The summed E-state index contributed by atoms with van der Waals surface area (Å²) in [5, 5.41) is 3.60. The second-order valence-electron chi connectivity index (χ2n) is 4.96. The number of hydrogen-bond donors (Lipinski definition) is 3. The van der Waals surface area contributed by atoms with Crippen molar-refractivity contribution < 1.29 is 0 Å². The number of nitrogens with two attached hydrogens (primary N) is 1. The summed E-state index contributed by atoms with van der Waals surface area (Å²) in [5.74, 6) is 5.98. The number of hydrogen-bond acceptors (Lipinski definition) is 3. The molecule has 4 N–H and O–H groups in total. The van der Waals surface area contributed by atoms with Gasteiger partial charge in [-0.1, -0.05) is 37.6 Å². The lowest BCUT2D eigenvalue weighted by Gasteiger charge is -2.17. The van der Waals surface area contributed by atoms with Gasteiger partial charge in [-0.05, 0) is 25.8 Å². The van der Waals surface area contributed by atoms with Crippen molar-refractivity contribution in [2.75, 3.05) is 5.32 Å². The minimum absolute atomic E-state index is 0.576. The van der Waals surface area contributed by atoms with Crippen LogP contribution in [0.25, 0.3) is 5.70 Å². The maximum absolute atomic E-state index is 5.33. The molecule has 2 rings (SSSR count). The van der Waals surface area contributed by atoms with Gasteiger partial charge in [0.1, 0.15) is 5.84 Å². The number of para-hydroxylation sites is 1. The Labute approximate surface area is 114 Å². The Hall–Kier alpha value is -1.81. The average molecular weight is 258 g/mol. The van der Waals surface area contributed by atoms with E-state index in [0.717, 1.165) is 16.9 Å². The van der Waals surface area contributed by atoms with Gasteiger partial charge in [-0.15, -0.1) is 0 Å². The topological polar surface area (TPSA) is 62.4 Å². The van der Waals surface area contributed by atoms with Crippen LogP contribution in [0.3, 0.4) is 0 Å². The molecular formula is C15H22N4. The van der Waals surface area contributed by atoms with Crippen LogP contribution in [0.1, 0.15) is 38.2 Å². The van der Waals surface area contributed by atoms with Crippen molar-refractivity contribution in [3.63, 3.8) is 0 Å². The first kappa shape index (κ1) is 13.6. The second-order valence-corrected chi connectivity index (χ2v) is 4.96. The van der Waals surface area contributed by atoms with Gasteiger partial charge in [0.2, 0.25) is 0 Å². The third kappa shape index (κ3) is 3.58. The SMILES string of the molecule is C=C(N=C(C)NN)c1ccccc1NC1CCCC1. The lowest BCUT2D eigenvalue weighted by Crippen LogP contribution is -2.27. The zero-order valence-electron chi connectivity index (χ0n) is 11.4. The minimum atomic E-state index is 0.576. The summed E-state index contributed by atoms with van der Waals surface area (Å²) in [7, 11) is 0. The highest BCUT2D eigenvalue weighted by atomic mass is 15.2. The maximum atomic E-state index is 5.33. The zero-order chi connectivity index (χ0) is 13.7. The molecule has 1 aliphatic rings. The molecule has 0 unspecified atom stereocenters. The summed E-state index contributed by atoms with van der Waals surface area (Å²) < 4.78 is 0. The van der Waals surface area contributed by atoms with Gasteiger partial charge in [-0.2, -0.15) is 0 Å². The summed E-state index contributed by atoms with van der Waals surface area (Å²) in [4.78, 5) is 4.35. The van der Waals surface area contributed by atoms with E-state index in [1.165, 1.54) is 25.7 Å². The predicted molar refractivity (Wildman–Crippen MR) is 81.8 cm³/mol. The van der Waals surface area contributed by atoms with E-state index in [1.807, 2.05) is 25.1 Å². The Balaban J connectivity index is 2.17. The van der Waals surface area contributed by atoms with Gasteiger partial charge in [0.15, 0.2) is 0 Å². The monoisotopic (exact) mass is 258 g/mol. The van der Waals surface area contributed by atoms with Gasteiger partial charge in [0.25, 0.3) is 0 Å².